The van der Waals surface area contributed by atoms with Gasteiger partial charge < -0.3 is 15.4 Å². The van der Waals surface area contributed by atoms with Gasteiger partial charge >= 0.3 is 0 Å². The molecule has 0 spiro atoms. The molecule has 0 fully saturated rings. The summed E-state index contributed by atoms with van der Waals surface area (Å²) in [4.78, 5) is 11.4. The topological polar surface area (TPSA) is 50.4 Å². The van der Waals surface area contributed by atoms with Crippen molar-refractivity contribution in [3.63, 3.8) is 0 Å². The van der Waals surface area contributed by atoms with Crippen LogP contribution in [-0.2, 0) is 9.53 Å². The quantitative estimate of drug-likeness (QED) is 0.693. The van der Waals surface area contributed by atoms with Gasteiger partial charge in [-0.2, -0.15) is 0 Å². The fourth-order valence-electron chi connectivity index (χ4n) is 1.24. The van der Waals surface area contributed by atoms with Crippen LogP contribution < -0.4 is 10.6 Å². The summed E-state index contributed by atoms with van der Waals surface area (Å²) in [7, 11) is 0. The lowest BCUT2D eigenvalue weighted by Gasteiger charge is -2.20. The first kappa shape index (κ1) is 15.4. The predicted octanol–water partition coefficient (Wildman–Crippen LogP) is 1.31. The molecule has 1 atom stereocenters. The van der Waals surface area contributed by atoms with Crippen molar-refractivity contribution in [3.05, 3.63) is 0 Å². The van der Waals surface area contributed by atoms with Gasteiger partial charge in [-0.15, -0.1) is 0 Å². The minimum atomic E-state index is 0.0683. The summed E-state index contributed by atoms with van der Waals surface area (Å²) < 4.78 is 5.32. The third-order valence-electron chi connectivity index (χ3n) is 2.05. The van der Waals surface area contributed by atoms with E-state index in [2.05, 4.69) is 31.4 Å². The van der Waals surface area contributed by atoms with Crippen LogP contribution in [0.4, 0.5) is 0 Å². The fourth-order valence-corrected chi connectivity index (χ4v) is 1.24. The first-order valence-corrected chi connectivity index (χ1v) is 5.98. The Morgan fingerprint density at radius 2 is 2.00 bits per heavy atom. The van der Waals surface area contributed by atoms with E-state index >= 15 is 0 Å². The summed E-state index contributed by atoms with van der Waals surface area (Å²) in [5.74, 6) is 0.0725. The Kier molecular flexibility index (Phi) is 7.34. The van der Waals surface area contributed by atoms with E-state index in [0.717, 1.165) is 0 Å². The number of ether oxygens (including phenoxy) is 1. The van der Waals surface area contributed by atoms with E-state index in [1.54, 1.807) is 0 Å². The maximum Gasteiger partial charge on any atom is 0.221 e. The van der Waals surface area contributed by atoms with Crippen LogP contribution in [0.1, 0.15) is 41.0 Å². The molecule has 0 rings (SSSR count). The number of carbonyl (C=O) groups is 1. The van der Waals surface area contributed by atoms with Crippen molar-refractivity contribution in [2.24, 2.45) is 0 Å². The molecule has 0 saturated carbocycles. The smallest absolute Gasteiger partial charge is 0.221 e. The van der Waals surface area contributed by atoms with Crippen molar-refractivity contribution in [1.29, 1.82) is 0 Å². The average Bonchev–Trinajstić information content (AvgIpc) is 2.13. The Hall–Kier alpha value is -0.610. The number of hydrogen-bond acceptors (Lipinski definition) is 3. The summed E-state index contributed by atoms with van der Waals surface area (Å²) in [6, 6.07) is 0. The Bertz CT molecular complexity index is 200. The highest BCUT2D eigenvalue weighted by Crippen LogP contribution is 1.97. The molecule has 1 amide bonds. The SMILES string of the molecule is CCOC(C)CNC(=O)CCNC(C)(C)C. The number of nitrogens with one attached hydrogen (secondary N) is 2. The van der Waals surface area contributed by atoms with Crippen LogP contribution in [0.15, 0.2) is 0 Å². The lowest BCUT2D eigenvalue weighted by atomic mass is 10.1. The van der Waals surface area contributed by atoms with Gasteiger partial charge in [-0.25, -0.2) is 0 Å². The van der Waals surface area contributed by atoms with Gasteiger partial charge in [0.1, 0.15) is 0 Å². The molecule has 0 radical (unpaired) electrons. The minimum absolute atomic E-state index is 0.0683. The van der Waals surface area contributed by atoms with E-state index in [1.165, 1.54) is 0 Å². The molecule has 0 heterocycles. The van der Waals surface area contributed by atoms with Crippen molar-refractivity contribution in [1.82, 2.24) is 10.6 Å². The molecule has 0 aromatic heterocycles. The first-order chi connectivity index (χ1) is 7.35. The maximum absolute atomic E-state index is 11.4. The van der Waals surface area contributed by atoms with E-state index in [0.29, 0.717) is 26.1 Å². The molecule has 96 valence electrons. The van der Waals surface area contributed by atoms with Crippen LogP contribution in [0, 0.1) is 0 Å². The summed E-state index contributed by atoms with van der Waals surface area (Å²) in [5.41, 5.74) is 0.0683. The van der Waals surface area contributed by atoms with Crippen molar-refractivity contribution in [3.8, 4) is 0 Å². The highest BCUT2D eigenvalue weighted by atomic mass is 16.5. The zero-order chi connectivity index (χ0) is 12.6. The molecule has 0 saturated heterocycles. The van der Waals surface area contributed by atoms with E-state index in [1.807, 2.05) is 13.8 Å². The molecule has 0 aromatic carbocycles. The predicted molar refractivity (Wildman–Crippen MR) is 66.5 cm³/mol. The van der Waals surface area contributed by atoms with Gasteiger partial charge in [-0.1, -0.05) is 0 Å². The largest absolute Gasteiger partial charge is 0.377 e. The molecule has 0 aromatic rings. The summed E-state index contributed by atoms with van der Waals surface area (Å²) in [6.07, 6.45) is 0.598. The van der Waals surface area contributed by atoms with Gasteiger partial charge in [-0.3, -0.25) is 4.79 Å². The second-order valence-corrected chi connectivity index (χ2v) is 5.00. The van der Waals surface area contributed by atoms with Crippen LogP contribution >= 0.6 is 0 Å². The molecule has 0 bridgehead atoms. The second kappa shape index (κ2) is 7.63. The van der Waals surface area contributed by atoms with E-state index in [-0.39, 0.29) is 17.6 Å². The van der Waals surface area contributed by atoms with Crippen molar-refractivity contribution in [2.75, 3.05) is 19.7 Å². The fraction of sp³-hybridized carbons (Fsp3) is 0.917. The Labute approximate surface area is 99.1 Å². The van der Waals surface area contributed by atoms with Gasteiger partial charge in [0.05, 0.1) is 6.10 Å². The van der Waals surface area contributed by atoms with E-state index in [9.17, 15) is 4.79 Å². The molecular formula is C12H26N2O2. The highest BCUT2D eigenvalue weighted by Gasteiger charge is 2.10. The lowest BCUT2D eigenvalue weighted by molar-refractivity contribution is -0.121. The molecule has 2 N–H and O–H groups in total. The van der Waals surface area contributed by atoms with Crippen LogP contribution in [0.3, 0.4) is 0 Å². The lowest BCUT2D eigenvalue weighted by Crippen LogP contribution is -2.39. The number of hydrogen-bond donors (Lipinski definition) is 2. The normalized spacial score (nSPS) is 13.6. The van der Waals surface area contributed by atoms with Gasteiger partial charge in [0.2, 0.25) is 5.91 Å². The van der Waals surface area contributed by atoms with Crippen molar-refractivity contribution in [2.45, 2.75) is 52.7 Å². The second-order valence-electron chi connectivity index (χ2n) is 5.00. The monoisotopic (exact) mass is 230 g/mol. The average molecular weight is 230 g/mol. The Balaban J connectivity index is 3.52. The molecular weight excluding hydrogens is 204 g/mol. The standard InChI is InChI=1S/C12H26N2O2/c1-6-16-10(2)9-13-11(15)7-8-14-12(3,4)5/h10,14H,6-9H2,1-5H3,(H,13,15). The Morgan fingerprint density at radius 1 is 1.38 bits per heavy atom. The zero-order valence-corrected chi connectivity index (χ0v) is 11.2. The number of carbonyl (C=O) groups excluding carboxylic acids is 1. The molecule has 16 heavy (non-hydrogen) atoms. The van der Waals surface area contributed by atoms with Crippen molar-refractivity contribution < 1.29 is 9.53 Å². The minimum Gasteiger partial charge on any atom is -0.377 e. The van der Waals surface area contributed by atoms with Crippen LogP contribution in [-0.4, -0.2) is 37.2 Å². The maximum atomic E-state index is 11.4. The molecule has 0 aliphatic carbocycles. The summed E-state index contributed by atoms with van der Waals surface area (Å²) in [6.45, 7) is 12.1. The zero-order valence-electron chi connectivity index (χ0n) is 11.2. The number of rotatable bonds is 7. The van der Waals surface area contributed by atoms with Gasteiger partial charge in [0.15, 0.2) is 0 Å². The molecule has 0 aliphatic rings. The number of amides is 1. The third-order valence-corrected chi connectivity index (χ3v) is 2.05. The van der Waals surface area contributed by atoms with Crippen LogP contribution in [0.5, 0.6) is 0 Å². The first-order valence-electron chi connectivity index (χ1n) is 5.98. The Morgan fingerprint density at radius 3 is 2.50 bits per heavy atom. The molecule has 0 aliphatic heterocycles. The van der Waals surface area contributed by atoms with Crippen LogP contribution in [0.25, 0.3) is 0 Å². The molecule has 1 unspecified atom stereocenters. The summed E-state index contributed by atoms with van der Waals surface area (Å²) in [5, 5.41) is 6.12. The van der Waals surface area contributed by atoms with E-state index < -0.39 is 0 Å². The molecule has 4 heteroatoms. The summed E-state index contributed by atoms with van der Waals surface area (Å²) >= 11 is 0. The third kappa shape index (κ3) is 9.93. The highest BCUT2D eigenvalue weighted by molar-refractivity contribution is 5.76. The van der Waals surface area contributed by atoms with Gasteiger partial charge in [0.25, 0.3) is 0 Å². The van der Waals surface area contributed by atoms with E-state index in [4.69, 9.17) is 4.74 Å². The van der Waals surface area contributed by atoms with Crippen LogP contribution in [0.2, 0.25) is 0 Å². The van der Waals surface area contributed by atoms with Gasteiger partial charge in [-0.05, 0) is 34.6 Å². The van der Waals surface area contributed by atoms with Gasteiger partial charge in [0, 0.05) is 31.7 Å². The van der Waals surface area contributed by atoms with Crippen molar-refractivity contribution >= 4 is 5.91 Å². The molecule has 4 nitrogen and oxygen atoms in total.